The van der Waals surface area contributed by atoms with Crippen molar-refractivity contribution in [3.8, 4) is 0 Å². The Labute approximate surface area is 507 Å². The highest BCUT2D eigenvalue weighted by molar-refractivity contribution is 5.71. The Bertz CT molecular complexity index is 1690. The van der Waals surface area contributed by atoms with Crippen molar-refractivity contribution in [3.63, 3.8) is 0 Å². The van der Waals surface area contributed by atoms with Gasteiger partial charge in [-0.15, -0.1) is 0 Å². The summed E-state index contributed by atoms with van der Waals surface area (Å²) in [4.78, 5) is 38.3. The summed E-state index contributed by atoms with van der Waals surface area (Å²) in [7, 11) is 0. The lowest BCUT2D eigenvalue weighted by molar-refractivity contribution is -0.167. The molecule has 0 heterocycles. The van der Waals surface area contributed by atoms with Gasteiger partial charge in [-0.05, 0) is 116 Å². The highest BCUT2D eigenvalue weighted by Gasteiger charge is 2.19. The van der Waals surface area contributed by atoms with E-state index in [-0.39, 0.29) is 31.1 Å². The van der Waals surface area contributed by atoms with Gasteiger partial charge in [-0.3, -0.25) is 14.4 Å². The van der Waals surface area contributed by atoms with Crippen molar-refractivity contribution in [2.75, 3.05) is 13.2 Å². The number of rotatable bonds is 62. The largest absolute Gasteiger partial charge is 0.462 e. The van der Waals surface area contributed by atoms with Crippen LogP contribution in [-0.2, 0) is 28.6 Å². The molecule has 0 aromatic heterocycles. The van der Waals surface area contributed by atoms with Gasteiger partial charge in [0.25, 0.3) is 0 Å². The Kier molecular flexibility index (Phi) is 65.8. The van der Waals surface area contributed by atoms with Gasteiger partial charge < -0.3 is 14.2 Å². The normalized spacial score (nSPS) is 12.9. The molecule has 6 nitrogen and oxygen atoms in total. The monoisotopic (exact) mass is 1140 g/mol. The Morgan fingerprint density at radius 1 is 0.256 bits per heavy atom. The van der Waals surface area contributed by atoms with E-state index in [0.29, 0.717) is 19.3 Å². The molecule has 0 aliphatic heterocycles. The van der Waals surface area contributed by atoms with Crippen LogP contribution in [0, 0.1) is 0 Å². The molecule has 1 unspecified atom stereocenters. The second-order valence-electron chi connectivity index (χ2n) is 22.7. The summed E-state index contributed by atoms with van der Waals surface area (Å²) in [6, 6.07) is 0. The van der Waals surface area contributed by atoms with Crippen molar-refractivity contribution in [1.29, 1.82) is 0 Å². The van der Waals surface area contributed by atoms with Crippen molar-refractivity contribution in [2.45, 2.75) is 329 Å². The summed E-state index contributed by atoms with van der Waals surface area (Å²) in [5.74, 6) is -0.900. The van der Waals surface area contributed by atoms with Gasteiger partial charge in [0.2, 0.25) is 0 Å². The first-order valence-electron chi connectivity index (χ1n) is 34.5. The summed E-state index contributed by atoms with van der Waals surface area (Å²) in [5.41, 5.74) is 0. The van der Waals surface area contributed by atoms with Gasteiger partial charge in [-0.25, -0.2) is 0 Å². The van der Waals surface area contributed by atoms with Crippen molar-refractivity contribution in [3.05, 3.63) is 122 Å². The van der Waals surface area contributed by atoms with Crippen molar-refractivity contribution >= 4 is 17.9 Å². The molecule has 0 spiro atoms. The molecular formula is C76H128O6. The SMILES string of the molecule is CC/C=C\C/C=C\C/C=C\C/C=C\C/C=C\C/C=C\C/C=C\CCCCCCCC(=O)OCC(COC(=O)CCCCCCCCCCCC)OC(=O)CCCCCCCCCCCCCC/C=C\C/C=C\C/C=C\CCCCCCC. The number of esters is 3. The molecule has 0 fully saturated rings. The van der Waals surface area contributed by atoms with Crippen LogP contribution >= 0.6 is 0 Å². The maximum Gasteiger partial charge on any atom is 0.306 e. The summed E-state index contributed by atoms with van der Waals surface area (Å²) in [5, 5.41) is 0. The van der Waals surface area contributed by atoms with E-state index in [2.05, 4.69) is 142 Å². The zero-order valence-electron chi connectivity index (χ0n) is 53.7. The zero-order valence-corrected chi connectivity index (χ0v) is 53.7. The molecule has 0 rings (SSSR count). The van der Waals surface area contributed by atoms with Crippen LogP contribution in [-0.4, -0.2) is 37.2 Å². The third-order valence-corrected chi connectivity index (χ3v) is 14.7. The van der Waals surface area contributed by atoms with E-state index in [9.17, 15) is 14.4 Å². The van der Waals surface area contributed by atoms with Gasteiger partial charge in [0.15, 0.2) is 6.10 Å². The zero-order chi connectivity index (χ0) is 59.2. The second kappa shape index (κ2) is 69.3. The predicted molar refractivity (Wildman–Crippen MR) is 357 cm³/mol. The molecule has 0 N–H and O–H groups in total. The minimum Gasteiger partial charge on any atom is -0.462 e. The minimum atomic E-state index is -0.790. The Morgan fingerprint density at radius 3 is 0.744 bits per heavy atom. The van der Waals surface area contributed by atoms with Crippen LogP contribution in [0.1, 0.15) is 323 Å². The molecule has 0 saturated carbocycles. The average molecular weight is 1140 g/mol. The molecule has 0 aliphatic rings. The van der Waals surface area contributed by atoms with Crippen LogP contribution in [0.3, 0.4) is 0 Å². The van der Waals surface area contributed by atoms with Gasteiger partial charge in [-0.1, -0.05) is 309 Å². The van der Waals surface area contributed by atoms with Crippen LogP contribution in [0.15, 0.2) is 122 Å². The van der Waals surface area contributed by atoms with Crippen LogP contribution < -0.4 is 0 Å². The standard InChI is InChI=1S/C76H128O6/c1-4-7-10-13-16-19-22-24-26-28-30-32-34-36-38-40-42-44-46-48-50-52-54-57-60-63-66-69-75(78)81-72-73(71-80-74(77)68-65-62-59-56-21-18-15-12-9-6-3)82-76(79)70-67-64-61-58-55-53-51-49-47-45-43-41-39-37-35-33-31-29-27-25-23-20-17-14-11-8-5-2/h7,10,16,19,23-26,29-32,35-38,42,44,48,50,73H,4-6,8-9,11-15,17-18,20-22,27-28,33-34,39-41,43,45-47,49,51-72H2,1-3H3/b10-7-,19-16-,25-23-,26-24-,31-29-,32-30-,37-35-,38-36-,44-42-,50-48-. The quantitative estimate of drug-likeness (QED) is 0.0261. The summed E-state index contributed by atoms with van der Waals surface area (Å²) < 4.78 is 16.9. The molecular weight excluding hydrogens is 1010 g/mol. The number of ether oxygens (including phenoxy) is 3. The molecule has 0 amide bonds. The van der Waals surface area contributed by atoms with Gasteiger partial charge in [0.05, 0.1) is 0 Å². The third kappa shape index (κ3) is 66.6. The second-order valence-corrected chi connectivity index (χ2v) is 22.7. The fraction of sp³-hybridized carbons (Fsp3) is 0.697. The summed E-state index contributed by atoms with van der Waals surface area (Å²) >= 11 is 0. The Balaban J connectivity index is 4.28. The smallest absolute Gasteiger partial charge is 0.306 e. The van der Waals surface area contributed by atoms with Crippen LogP contribution in [0.4, 0.5) is 0 Å². The average Bonchev–Trinajstić information content (AvgIpc) is 3.48. The molecule has 0 bridgehead atoms. The lowest BCUT2D eigenvalue weighted by Gasteiger charge is -2.18. The molecule has 0 saturated heterocycles. The maximum absolute atomic E-state index is 12.9. The molecule has 82 heavy (non-hydrogen) atoms. The number of hydrogen-bond donors (Lipinski definition) is 0. The first kappa shape index (κ1) is 77.8. The molecule has 6 heteroatoms. The van der Waals surface area contributed by atoms with E-state index < -0.39 is 6.10 Å². The molecule has 0 aromatic carbocycles. The van der Waals surface area contributed by atoms with Crippen LogP contribution in [0.2, 0.25) is 0 Å². The molecule has 0 radical (unpaired) electrons. The van der Waals surface area contributed by atoms with Gasteiger partial charge >= 0.3 is 17.9 Å². The Morgan fingerprint density at radius 2 is 0.476 bits per heavy atom. The Hall–Kier alpha value is -4.19. The van der Waals surface area contributed by atoms with Crippen molar-refractivity contribution < 1.29 is 28.6 Å². The van der Waals surface area contributed by atoms with E-state index in [4.69, 9.17) is 14.2 Å². The van der Waals surface area contributed by atoms with E-state index in [1.165, 1.54) is 148 Å². The van der Waals surface area contributed by atoms with Crippen LogP contribution in [0.5, 0.6) is 0 Å². The highest BCUT2D eigenvalue weighted by Crippen LogP contribution is 2.16. The van der Waals surface area contributed by atoms with E-state index in [1.807, 2.05) is 0 Å². The first-order chi connectivity index (χ1) is 40.5. The number of carbonyl (C=O) groups excluding carboxylic acids is 3. The fourth-order valence-electron chi connectivity index (χ4n) is 9.55. The lowest BCUT2D eigenvalue weighted by Crippen LogP contribution is -2.30. The predicted octanol–water partition coefficient (Wildman–Crippen LogP) is 23.9. The van der Waals surface area contributed by atoms with Crippen molar-refractivity contribution in [1.82, 2.24) is 0 Å². The highest BCUT2D eigenvalue weighted by atomic mass is 16.6. The molecule has 468 valence electrons. The molecule has 0 aliphatic carbocycles. The van der Waals surface area contributed by atoms with E-state index >= 15 is 0 Å². The van der Waals surface area contributed by atoms with Gasteiger partial charge in [0.1, 0.15) is 13.2 Å². The molecule has 0 aromatic rings. The third-order valence-electron chi connectivity index (χ3n) is 14.7. The minimum absolute atomic E-state index is 0.0845. The first-order valence-corrected chi connectivity index (χ1v) is 34.5. The van der Waals surface area contributed by atoms with E-state index in [1.54, 1.807) is 0 Å². The van der Waals surface area contributed by atoms with Gasteiger partial charge in [0, 0.05) is 19.3 Å². The van der Waals surface area contributed by atoms with E-state index in [0.717, 1.165) is 135 Å². The number of carbonyl (C=O) groups is 3. The van der Waals surface area contributed by atoms with Crippen LogP contribution in [0.25, 0.3) is 0 Å². The number of hydrogen-bond acceptors (Lipinski definition) is 6. The molecule has 1 atom stereocenters. The lowest BCUT2D eigenvalue weighted by atomic mass is 10.0. The number of unbranched alkanes of at least 4 members (excludes halogenated alkanes) is 31. The van der Waals surface area contributed by atoms with Crippen molar-refractivity contribution in [2.24, 2.45) is 0 Å². The number of allylic oxidation sites excluding steroid dienone is 20. The summed E-state index contributed by atoms with van der Waals surface area (Å²) in [6.07, 6.45) is 96.5. The van der Waals surface area contributed by atoms with Gasteiger partial charge in [-0.2, -0.15) is 0 Å². The maximum atomic E-state index is 12.9. The summed E-state index contributed by atoms with van der Waals surface area (Å²) in [6.45, 7) is 6.51. The fourth-order valence-corrected chi connectivity index (χ4v) is 9.55. The topological polar surface area (TPSA) is 78.9 Å².